The molecule has 0 aliphatic carbocycles. The molecule has 8 nitrogen and oxygen atoms in total. The Morgan fingerprint density at radius 2 is 1.80 bits per heavy atom. The summed E-state index contributed by atoms with van der Waals surface area (Å²) < 4.78 is 2.64. The number of benzene rings is 1. The van der Waals surface area contributed by atoms with Gasteiger partial charge in [-0.3, -0.25) is 19.8 Å². The van der Waals surface area contributed by atoms with E-state index in [2.05, 4.69) is 15.3 Å². The van der Waals surface area contributed by atoms with Gasteiger partial charge in [0, 0.05) is 41.3 Å². The smallest absolute Gasteiger partial charge is 0.261 e. The van der Waals surface area contributed by atoms with Gasteiger partial charge < -0.3 is 9.88 Å². The van der Waals surface area contributed by atoms with E-state index in [1.807, 2.05) is 30.3 Å². The lowest BCUT2D eigenvalue weighted by molar-refractivity contribution is -0.904. The minimum absolute atomic E-state index is 0.118. The number of pyridine rings is 4. The molecule has 0 bridgehead atoms. The molecule has 0 atom stereocenters. The number of nitrogens with zero attached hydrogens (tertiary/aromatic N) is 4. The molecule has 5 aromatic rings. The van der Waals surface area contributed by atoms with Gasteiger partial charge in [0.1, 0.15) is 11.2 Å². The molecule has 1 aromatic carbocycles. The Morgan fingerprint density at radius 1 is 1.03 bits per heavy atom. The zero-order valence-corrected chi connectivity index (χ0v) is 19.4. The third-order valence-corrected chi connectivity index (χ3v) is 5.92. The van der Waals surface area contributed by atoms with E-state index in [0.29, 0.717) is 11.3 Å². The van der Waals surface area contributed by atoms with Crippen molar-refractivity contribution in [3.05, 3.63) is 112 Å². The molecule has 1 amide bonds. The lowest BCUT2D eigenvalue weighted by Crippen LogP contribution is -2.28. The first-order chi connectivity index (χ1) is 16.9. The van der Waals surface area contributed by atoms with Crippen molar-refractivity contribution in [1.29, 1.82) is 0 Å². The summed E-state index contributed by atoms with van der Waals surface area (Å²) in [6, 6.07) is 14.2. The van der Waals surface area contributed by atoms with E-state index in [1.165, 1.54) is 24.8 Å². The largest absolute Gasteiger partial charge is 0.319 e. The van der Waals surface area contributed by atoms with Crippen LogP contribution in [-0.4, -0.2) is 25.6 Å². The fourth-order valence-electron chi connectivity index (χ4n) is 3.70. The summed E-state index contributed by atoms with van der Waals surface area (Å²) in [5, 5.41) is 13.0. The molecule has 0 spiro atoms. The predicted octanol–water partition coefficient (Wildman–Crippen LogP) is 4.53. The zero-order valence-electron chi connectivity index (χ0n) is 17.9. The number of nitrogens with one attached hydrogen (secondary N) is 1. The molecule has 35 heavy (non-hydrogen) atoms. The van der Waals surface area contributed by atoms with Crippen LogP contribution in [0.4, 0.5) is 5.69 Å². The number of aromatic nitrogens is 4. The number of halogens is 2. The Bertz CT molecular complexity index is 1650. The average Bonchev–Trinajstić information content (AvgIpc) is 2.87. The van der Waals surface area contributed by atoms with Crippen LogP contribution in [0.2, 0.25) is 10.0 Å². The third kappa shape index (κ3) is 4.32. The predicted molar refractivity (Wildman–Crippen MR) is 132 cm³/mol. The quantitative estimate of drug-likeness (QED) is 0.276. The maximum atomic E-state index is 13.2. The maximum Gasteiger partial charge on any atom is 0.261 e. The molecule has 4 aromatic heterocycles. The van der Waals surface area contributed by atoms with Gasteiger partial charge in [0.15, 0.2) is 0 Å². The topological polar surface area (TPSA) is 101 Å². The van der Waals surface area contributed by atoms with Crippen molar-refractivity contribution in [3.8, 4) is 16.8 Å². The van der Waals surface area contributed by atoms with Gasteiger partial charge in [0.05, 0.1) is 26.7 Å². The van der Waals surface area contributed by atoms with Crippen LogP contribution in [-0.2, 0) is 0 Å². The molecule has 0 saturated heterocycles. The van der Waals surface area contributed by atoms with Gasteiger partial charge in [-0.05, 0) is 35.9 Å². The number of hydrogen-bond donors (Lipinski definition) is 2. The highest BCUT2D eigenvalue weighted by atomic mass is 35.5. The van der Waals surface area contributed by atoms with Gasteiger partial charge in [0.2, 0.25) is 17.8 Å². The monoisotopic (exact) mass is 504 g/mol. The van der Waals surface area contributed by atoms with Gasteiger partial charge in [0.25, 0.3) is 5.91 Å². The van der Waals surface area contributed by atoms with E-state index in [9.17, 15) is 14.8 Å². The average molecular weight is 505 g/mol. The van der Waals surface area contributed by atoms with Crippen LogP contribution in [0.3, 0.4) is 0 Å². The molecule has 0 fully saturated rings. The molecule has 0 aliphatic heterocycles. The second-order valence-electron chi connectivity index (χ2n) is 7.57. The lowest BCUT2D eigenvalue weighted by Gasteiger charge is -2.14. The first kappa shape index (κ1) is 22.5. The van der Waals surface area contributed by atoms with Crippen molar-refractivity contribution < 1.29 is 14.7 Å². The van der Waals surface area contributed by atoms with Crippen LogP contribution in [0.15, 0.2) is 90.5 Å². The second-order valence-corrected chi connectivity index (χ2v) is 8.39. The standard InChI is InChI=1S/C25H15Cl2N5O3/c26-20-11-28-12-21(27)22(20)30-25(34)19-14-32(24-18(23(19)33)7-2-8-29-24)17-6-1-4-15(10-17)16-5-3-9-31(35)13-16/h1-14H,(H-,28,30,34,35)/p+1. The van der Waals surface area contributed by atoms with Crippen molar-refractivity contribution in [3.63, 3.8) is 0 Å². The van der Waals surface area contributed by atoms with E-state index >= 15 is 0 Å². The summed E-state index contributed by atoms with van der Waals surface area (Å²) in [5.74, 6) is -0.676. The summed E-state index contributed by atoms with van der Waals surface area (Å²) in [6.45, 7) is 0. The van der Waals surface area contributed by atoms with Crippen molar-refractivity contribution >= 4 is 45.8 Å². The van der Waals surface area contributed by atoms with Crippen LogP contribution in [0.1, 0.15) is 10.4 Å². The summed E-state index contributed by atoms with van der Waals surface area (Å²) >= 11 is 12.3. The highest BCUT2D eigenvalue weighted by Crippen LogP contribution is 2.29. The van der Waals surface area contributed by atoms with E-state index in [1.54, 1.807) is 35.2 Å². The number of carbonyl (C=O) groups is 1. The number of hydrogen-bond acceptors (Lipinski definition) is 5. The van der Waals surface area contributed by atoms with E-state index in [-0.39, 0.29) is 26.7 Å². The van der Waals surface area contributed by atoms with Crippen LogP contribution in [0.5, 0.6) is 0 Å². The number of amides is 1. The molecule has 5 rings (SSSR count). The Balaban J connectivity index is 1.66. The van der Waals surface area contributed by atoms with Crippen molar-refractivity contribution in [2.45, 2.75) is 0 Å². The fraction of sp³-hybridized carbons (Fsp3) is 0. The van der Waals surface area contributed by atoms with Crippen molar-refractivity contribution in [1.82, 2.24) is 14.5 Å². The summed E-state index contributed by atoms with van der Waals surface area (Å²) in [5.41, 5.74) is 2.19. The minimum Gasteiger partial charge on any atom is -0.319 e. The second kappa shape index (κ2) is 9.17. The normalized spacial score (nSPS) is 10.9. The molecule has 172 valence electrons. The molecule has 10 heteroatoms. The summed E-state index contributed by atoms with van der Waals surface area (Å²) in [4.78, 5) is 34.6. The SMILES string of the molecule is O=C(Nc1c(Cl)cncc1Cl)c1cn(-c2cccc(-c3ccc[n+](O)c3)c2)c2ncccc2c1=O. The fourth-order valence-corrected chi connectivity index (χ4v) is 4.16. The lowest BCUT2D eigenvalue weighted by atomic mass is 10.1. The van der Waals surface area contributed by atoms with E-state index in [4.69, 9.17) is 23.2 Å². The van der Waals surface area contributed by atoms with Crippen LogP contribution >= 0.6 is 23.2 Å². The number of carbonyl (C=O) groups excluding carboxylic acids is 1. The minimum atomic E-state index is -0.676. The number of anilines is 1. The van der Waals surface area contributed by atoms with E-state index in [0.717, 1.165) is 15.9 Å². The van der Waals surface area contributed by atoms with E-state index < -0.39 is 11.3 Å². The maximum absolute atomic E-state index is 13.2. The van der Waals surface area contributed by atoms with Crippen LogP contribution in [0.25, 0.3) is 27.8 Å². The van der Waals surface area contributed by atoms with Gasteiger partial charge in [-0.1, -0.05) is 35.3 Å². The molecule has 2 N–H and O–H groups in total. The van der Waals surface area contributed by atoms with Gasteiger partial charge in [-0.2, -0.15) is 0 Å². The highest BCUT2D eigenvalue weighted by molar-refractivity contribution is 6.39. The Hall–Kier alpha value is -4.27. The molecule has 0 radical (unpaired) electrons. The van der Waals surface area contributed by atoms with Crippen molar-refractivity contribution in [2.24, 2.45) is 0 Å². The zero-order chi connectivity index (χ0) is 24.5. The third-order valence-electron chi connectivity index (χ3n) is 5.34. The molecule has 0 unspecified atom stereocenters. The summed E-state index contributed by atoms with van der Waals surface area (Å²) in [6.07, 6.45) is 8.78. The van der Waals surface area contributed by atoms with Crippen molar-refractivity contribution in [2.75, 3.05) is 5.32 Å². The van der Waals surface area contributed by atoms with Gasteiger partial charge in [-0.25, -0.2) is 4.98 Å². The molecule has 4 heterocycles. The summed E-state index contributed by atoms with van der Waals surface area (Å²) in [7, 11) is 0. The van der Waals surface area contributed by atoms with Crippen LogP contribution in [0, 0.1) is 0 Å². The molecule has 0 saturated carbocycles. The first-order valence-corrected chi connectivity index (χ1v) is 11.1. The highest BCUT2D eigenvalue weighted by Gasteiger charge is 2.19. The Kier molecular flexibility index (Phi) is 5.90. The van der Waals surface area contributed by atoms with Crippen LogP contribution < -0.4 is 15.5 Å². The number of fused-ring (bicyclic) bond motifs is 1. The molecular weight excluding hydrogens is 489 g/mol. The van der Waals surface area contributed by atoms with Gasteiger partial charge >= 0.3 is 0 Å². The molecular formula is C25H16Cl2N5O3+. The number of rotatable bonds is 4. The first-order valence-electron chi connectivity index (χ1n) is 10.3. The Morgan fingerprint density at radius 3 is 2.57 bits per heavy atom. The Labute approximate surface area is 208 Å². The van der Waals surface area contributed by atoms with Gasteiger partial charge in [-0.15, -0.1) is 0 Å². The molecule has 0 aliphatic rings.